The maximum atomic E-state index is 11.7. The fraction of sp³-hybridized carbons (Fsp3) is 0.385. The van der Waals surface area contributed by atoms with Gasteiger partial charge in [-0.3, -0.25) is 4.79 Å². The quantitative estimate of drug-likeness (QED) is 0.569. The molecule has 0 atom stereocenters. The van der Waals surface area contributed by atoms with Crippen molar-refractivity contribution in [3.05, 3.63) is 29.3 Å². The first-order chi connectivity index (χ1) is 8.18. The molecular formula is C13H12N2O2. The van der Waals surface area contributed by atoms with E-state index in [0.29, 0.717) is 6.42 Å². The lowest BCUT2D eigenvalue weighted by atomic mass is 9.99. The van der Waals surface area contributed by atoms with Crippen LogP contribution in [0.3, 0.4) is 0 Å². The number of isocyanates is 1. The molecule has 17 heavy (non-hydrogen) atoms. The van der Waals surface area contributed by atoms with Gasteiger partial charge in [0, 0.05) is 12.6 Å². The van der Waals surface area contributed by atoms with E-state index in [0.717, 1.165) is 29.7 Å². The third-order valence-electron chi connectivity index (χ3n) is 3.66. The third-order valence-corrected chi connectivity index (χ3v) is 3.66. The fourth-order valence-electron chi connectivity index (χ4n) is 2.56. The van der Waals surface area contributed by atoms with E-state index in [2.05, 4.69) is 4.99 Å². The van der Waals surface area contributed by atoms with Gasteiger partial charge in [-0.25, -0.2) is 4.79 Å². The van der Waals surface area contributed by atoms with Crippen LogP contribution < -0.4 is 4.90 Å². The number of hydrogen-bond donors (Lipinski definition) is 0. The SMILES string of the molecule is CN1C(=O)Cc2cccc(C3(N=C=O)CC3)c21. The van der Waals surface area contributed by atoms with Crippen LogP contribution in [0.5, 0.6) is 0 Å². The second-order valence-corrected chi connectivity index (χ2v) is 4.68. The number of fused-ring (bicyclic) bond motifs is 1. The van der Waals surface area contributed by atoms with E-state index in [9.17, 15) is 9.59 Å². The molecule has 1 aromatic rings. The minimum absolute atomic E-state index is 0.0957. The van der Waals surface area contributed by atoms with E-state index in [1.165, 1.54) is 0 Å². The number of para-hydroxylation sites is 1. The molecule has 4 nitrogen and oxygen atoms in total. The highest BCUT2D eigenvalue weighted by molar-refractivity contribution is 6.02. The van der Waals surface area contributed by atoms with E-state index in [1.54, 1.807) is 18.0 Å². The van der Waals surface area contributed by atoms with E-state index in [1.807, 2.05) is 18.2 Å². The fourth-order valence-corrected chi connectivity index (χ4v) is 2.56. The van der Waals surface area contributed by atoms with Crippen LogP contribution in [-0.2, 0) is 21.5 Å². The van der Waals surface area contributed by atoms with Crippen molar-refractivity contribution >= 4 is 17.7 Å². The van der Waals surface area contributed by atoms with Crippen molar-refractivity contribution in [2.75, 3.05) is 11.9 Å². The first-order valence-electron chi connectivity index (χ1n) is 5.66. The minimum Gasteiger partial charge on any atom is -0.315 e. The summed E-state index contributed by atoms with van der Waals surface area (Å²) >= 11 is 0. The Kier molecular flexibility index (Phi) is 1.98. The molecule has 0 bridgehead atoms. The Morgan fingerprint density at radius 2 is 2.18 bits per heavy atom. The van der Waals surface area contributed by atoms with Crippen molar-refractivity contribution in [1.82, 2.24) is 0 Å². The average molecular weight is 228 g/mol. The van der Waals surface area contributed by atoms with Crippen LogP contribution in [0.15, 0.2) is 23.2 Å². The van der Waals surface area contributed by atoms with Gasteiger partial charge in [-0.15, -0.1) is 0 Å². The van der Waals surface area contributed by atoms with Gasteiger partial charge in [0.05, 0.1) is 12.1 Å². The van der Waals surface area contributed by atoms with Crippen LogP contribution in [0, 0.1) is 0 Å². The maximum Gasteiger partial charge on any atom is 0.235 e. The second kappa shape index (κ2) is 3.28. The van der Waals surface area contributed by atoms with Gasteiger partial charge >= 0.3 is 0 Å². The topological polar surface area (TPSA) is 49.7 Å². The average Bonchev–Trinajstić information content (AvgIpc) is 3.03. The summed E-state index contributed by atoms with van der Waals surface area (Å²) in [6.07, 6.45) is 3.83. The normalized spacial score (nSPS) is 19.8. The lowest BCUT2D eigenvalue weighted by Gasteiger charge is -2.18. The molecule has 0 N–H and O–H groups in total. The predicted molar refractivity (Wildman–Crippen MR) is 62.6 cm³/mol. The number of carbonyl (C=O) groups is 1. The van der Waals surface area contributed by atoms with Crippen LogP contribution in [-0.4, -0.2) is 19.0 Å². The molecule has 4 heteroatoms. The Hall–Kier alpha value is -1.93. The number of aliphatic imine (C=N–C) groups is 1. The molecule has 1 heterocycles. The van der Waals surface area contributed by atoms with Crippen molar-refractivity contribution in [2.45, 2.75) is 24.8 Å². The Morgan fingerprint density at radius 3 is 2.82 bits per heavy atom. The molecule has 0 aromatic heterocycles. The predicted octanol–water partition coefficient (Wildman–Crippen LogP) is 1.53. The summed E-state index contributed by atoms with van der Waals surface area (Å²) in [5, 5.41) is 0. The van der Waals surface area contributed by atoms with Gasteiger partial charge in [-0.1, -0.05) is 18.2 Å². The van der Waals surface area contributed by atoms with E-state index in [4.69, 9.17) is 0 Å². The highest BCUT2D eigenvalue weighted by Crippen LogP contribution is 2.53. The van der Waals surface area contributed by atoms with Crippen LogP contribution in [0.25, 0.3) is 0 Å². The molecule has 0 radical (unpaired) electrons. The molecule has 86 valence electrons. The maximum absolute atomic E-state index is 11.7. The standard InChI is InChI=1S/C13H12N2O2/c1-15-11(17)7-9-3-2-4-10(12(9)15)13(5-6-13)14-8-16/h2-4H,5-7H2,1H3. The van der Waals surface area contributed by atoms with E-state index >= 15 is 0 Å². The molecule has 3 rings (SSSR count). The number of anilines is 1. The Bertz CT molecular complexity index is 555. The van der Waals surface area contributed by atoms with E-state index < -0.39 is 5.54 Å². The summed E-state index contributed by atoms with van der Waals surface area (Å²) in [6.45, 7) is 0. The first kappa shape index (κ1) is 10.2. The molecule has 1 saturated carbocycles. The molecule has 1 aliphatic heterocycles. The van der Waals surface area contributed by atoms with Crippen LogP contribution in [0.4, 0.5) is 5.69 Å². The lowest BCUT2D eigenvalue weighted by molar-refractivity contribution is -0.117. The van der Waals surface area contributed by atoms with Crippen molar-refractivity contribution in [3.63, 3.8) is 0 Å². The van der Waals surface area contributed by atoms with Gasteiger partial charge in [0.1, 0.15) is 5.54 Å². The van der Waals surface area contributed by atoms with Gasteiger partial charge < -0.3 is 4.90 Å². The van der Waals surface area contributed by atoms with Crippen molar-refractivity contribution in [2.24, 2.45) is 4.99 Å². The number of amides is 1. The van der Waals surface area contributed by atoms with Gasteiger partial charge in [-0.05, 0) is 18.4 Å². The molecule has 0 spiro atoms. The molecule has 1 fully saturated rings. The zero-order valence-corrected chi connectivity index (χ0v) is 9.56. The van der Waals surface area contributed by atoms with Gasteiger partial charge in [0.25, 0.3) is 0 Å². The Labute approximate surface area is 99.0 Å². The molecule has 0 saturated heterocycles. The smallest absolute Gasteiger partial charge is 0.235 e. The van der Waals surface area contributed by atoms with Crippen LogP contribution >= 0.6 is 0 Å². The largest absolute Gasteiger partial charge is 0.315 e. The summed E-state index contributed by atoms with van der Waals surface area (Å²) in [4.78, 5) is 27.8. The zero-order valence-electron chi connectivity index (χ0n) is 9.56. The van der Waals surface area contributed by atoms with Crippen LogP contribution in [0.1, 0.15) is 24.0 Å². The number of benzene rings is 1. The van der Waals surface area contributed by atoms with Gasteiger partial charge in [0.2, 0.25) is 12.0 Å². The second-order valence-electron chi connectivity index (χ2n) is 4.68. The molecule has 0 unspecified atom stereocenters. The Morgan fingerprint density at radius 1 is 1.41 bits per heavy atom. The lowest BCUT2D eigenvalue weighted by Crippen LogP contribution is -2.22. The van der Waals surface area contributed by atoms with Crippen molar-refractivity contribution < 1.29 is 9.59 Å². The Balaban J connectivity index is 2.18. The monoisotopic (exact) mass is 228 g/mol. The van der Waals surface area contributed by atoms with Gasteiger partial charge in [0.15, 0.2) is 0 Å². The number of nitrogens with zero attached hydrogens (tertiary/aromatic N) is 2. The molecule has 1 amide bonds. The number of carbonyl (C=O) groups excluding carboxylic acids is 2. The molecular weight excluding hydrogens is 216 g/mol. The molecule has 1 aromatic carbocycles. The molecule has 2 aliphatic rings. The van der Waals surface area contributed by atoms with Crippen molar-refractivity contribution in [1.29, 1.82) is 0 Å². The number of likely N-dealkylation sites (N-methyl/N-ethyl adjacent to an activating group) is 1. The summed E-state index contributed by atoms with van der Waals surface area (Å²) in [5.41, 5.74) is 2.55. The highest BCUT2D eigenvalue weighted by Gasteiger charge is 2.48. The summed E-state index contributed by atoms with van der Waals surface area (Å²) in [6, 6.07) is 5.85. The summed E-state index contributed by atoms with van der Waals surface area (Å²) in [5.74, 6) is 0.0957. The minimum atomic E-state index is -0.411. The van der Waals surface area contributed by atoms with Crippen LogP contribution in [0.2, 0.25) is 0 Å². The first-order valence-corrected chi connectivity index (χ1v) is 5.66. The third kappa shape index (κ3) is 1.34. The molecule has 1 aliphatic carbocycles. The summed E-state index contributed by atoms with van der Waals surface area (Å²) in [7, 11) is 1.78. The van der Waals surface area contributed by atoms with E-state index in [-0.39, 0.29) is 5.91 Å². The highest BCUT2D eigenvalue weighted by atomic mass is 16.2. The zero-order chi connectivity index (χ0) is 12.0. The van der Waals surface area contributed by atoms with Crippen molar-refractivity contribution in [3.8, 4) is 0 Å². The number of rotatable bonds is 2. The summed E-state index contributed by atoms with van der Waals surface area (Å²) < 4.78 is 0. The number of hydrogen-bond acceptors (Lipinski definition) is 3. The van der Waals surface area contributed by atoms with Gasteiger partial charge in [-0.2, -0.15) is 4.99 Å².